The van der Waals surface area contributed by atoms with Gasteiger partial charge in [-0.25, -0.2) is 4.79 Å². The van der Waals surface area contributed by atoms with Crippen molar-refractivity contribution in [1.29, 1.82) is 0 Å². The number of carbonyl (C=O) groups excluding carboxylic acids is 3. The number of esters is 1. The normalized spacial score (nSPS) is 14.1. The zero-order valence-electron chi connectivity index (χ0n) is 22.1. The Labute approximate surface area is 218 Å². The van der Waals surface area contributed by atoms with Crippen LogP contribution < -0.4 is 10.1 Å². The van der Waals surface area contributed by atoms with Crippen LogP contribution in [0, 0.1) is 5.92 Å². The van der Waals surface area contributed by atoms with Crippen molar-refractivity contribution in [1.82, 2.24) is 9.88 Å². The van der Waals surface area contributed by atoms with Gasteiger partial charge in [0.15, 0.2) is 6.29 Å². The quantitative estimate of drug-likeness (QED) is 0.315. The largest absolute Gasteiger partial charge is 0.496 e. The molecule has 0 saturated heterocycles. The number of benzene rings is 2. The van der Waals surface area contributed by atoms with Gasteiger partial charge < -0.3 is 19.4 Å². The number of fused-ring (bicyclic) bond motifs is 1. The summed E-state index contributed by atoms with van der Waals surface area (Å²) in [5.41, 5.74) is 3.00. The maximum atomic E-state index is 12.6. The van der Waals surface area contributed by atoms with E-state index in [0.717, 1.165) is 34.9 Å². The third kappa shape index (κ3) is 6.59. The molecule has 0 aliphatic heterocycles. The topological polar surface area (TPSA) is 86.6 Å². The standard InChI is InChI=1S/C30H36N2O5/c1-30(2,3)37-29(35)22-10-11-23(27(15-22)36-4)17-32-18-24(19-33)25-12-9-21(13-26(25)32)14-28(34)31-16-20-7-5-6-8-20/h9-13,15,18-20H,5-8,14,16-17H2,1-4H3,(H,31,34). The van der Waals surface area contributed by atoms with E-state index >= 15 is 0 Å². The van der Waals surface area contributed by atoms with Crippen molar-refractivity contribution in [2.45, 2.75) is 65.0 Å². The van der Waals surface area contributed by atoms with E-state index in [1.807, 2.05) is 55.8 Å². The fourth-order valence-electron chi connectivity index (χ4n) is 4.94. The molecule has 0 bridgehead atoms. The first-order valence-corrected chi connectivity index (χ1v) is 12.9. The molecular weight excluding hydrogens is 468 g/mol. The van der Waals surface area contributed by atoms with Crippen molar-refractivity contribution in [2.75, 3.05) is 13.7 Å². The number of methoxy groups -OCH3 is 1. The molecule has 7 nitrogen and oxygen atoms in total. The van der Waals surface area contributed by atoms with Gasteiger partial charge >= 0.3 is 5.97 Å². The van der Waals surface area contributed by atoms with Gasteiger partial charge in [-0.15, -0.1) is 0 Å². The van der Waals surface area contributed by atoms with Gasteiger partial charge in [0, 0.05) is 34.8 Å². The predicted molar refractivity (Wildman–Crippen MR) is 143 cm³/mol. The fourth-order valence-corrected chi connectivity index (χ4v) is 4.94. The summed E-state index contributed by atoms with van der Waals surface area (Å²) in [6, 6.07) is 11.0. The summed E-state index contributed by atoms with van der Waals surface area (Å²) in [7, 11) is 1.56. The fraction of sp³-hybridized carbons (Fsp3) is 0.433. The molecule has 196 valence electrons. The molecule has 37 heavy (non-hydrogen) atoms. The number of carbonyl (C=O) groups is 3. The lowest BCUT2D eigenvalue weighted by Gasteiger charge is -2.20. The zero-order valence-corrected chi connectivity index (χ0v) is 22.1. The van der Waals surface area contributed by atoms with E-state index in [2.05, 4.69) is 5.32 Å². The van der Waals surface area contributed by atoms with Crippen LogP contribution in [-0.2, 0) is 22.5 Å². The van der Waals surface area contributed by atoms with E-state index in [4.69, 9.17) is 9.47 Å². The van der Waals surface area contributed by atoms with Gasteiger partial charge in [0.05, 0.1) is 25.6 Å². The van der Waals surface area contributed by atoms with E-state index in [1.165, 1.54) is 25.7 Å². The third-order valence-corrected chi connectivity index (χ3v) is 6.79. The van der Waals surface area contributed by atoms with Crippen molar-refractivity contribution in [3.05, 3.63) is 64.8 Å². The minimum Gasteiger partial charge on any atom is -0.496 e. The molecule has 1 heterocycles. The number of ether oxygens (including phenoxy) is 2. The molecule has 0 atom stereocenters. The summed E-state index contributed by atoms with van der Waals surface area (Å²) in [6.07, 6.45) is 7.83. The van der Waals surface area contributed by atoms with Crippen LogP contribution in [0.25, 0.3) is 10.9 Å². The minimum atomic E-state index is -0.594. The maximum Gasteiger partial charge on any atom is 0.338 e. The van der Waals surface area contributed by atoms with Gasteiger partial charge in [-0.2, -0.15) is 0 Å². The minimum absolute atomic E-state index is 0.0133. The summed E-state index contributed by atoms with van der Waals surface area (Å²) in [5.74, 6) is 0.748. The van der Waals surface area contributed by atoms with Crippen molar-refractivity contribution in [2.24, 2.45) is 5.92 Å². The molecule has 1 N–H and O–H groups in total. The second-order valence-corrected chi connectivity index (χ2v) is 10.8. The van der Waals surface area contributed by atoms with Crippen molar-refractivity contribution >= 4 is 29.1 Å². The number of aldehydes is 1. The maximum absolute atomic E-state index is 12.6. The van der Waals surface area contributed by atoms with Crippen LogP contribution in [0.3, 0.4) is 0 Å². The number of hydrogen-bond acceptors (Lipinski definition) is 5. The lowest BCUT2D eigenvalue weighted by Crippen LogP contribution is -2.29. The number of aromatic nitrogens is 1. The monoisotopic (exact) mass is 504 g/mol. The molecule has 3 aromatic rings. The molecule has 0 spiro atoms. The molecular formula is C30H36N2O5. The summed E-state index contributed by atoms with van der Waals surface area (Å²) in [6.45, 7) is 6.65. The number of amides is 1. The molecule has 1 saturated carbocycles. The van der Waals surface area contributed by atoms with Gasteiger partial charge in [-0.05, 0) is 63.3 Å². The molecule has 1 fully saturated rings. The van der Waals surface area contributed by atoms with Crippen LogP contribution in [0.1, 0.15) is 78.3 Å². The molecule has 2 aromatic carbocycles. The highest BCUT2D eigenvalue weighted by Gasteiger charge is 2.20. The molecule has 4 rings (SSSR count). The molecule has 0 radical (unpaired) electrons. The number of rotatable bonds is 9. The Morgan fingerprint density at radius 3 is 2.54 bits per heavy atom. The lowest BCUT2D eigenvalue weighted by molar-refractivity contribution is -0.120. The third-order valence-electron chi connectivity index (χ3n) is 6.79. The molecule has 1 aromatic heterocycles. The number of nitrogens with zero attached hydrogens (tertiary/aromatic N) is 1. The summed E-state index contributed by atoms with van der Waals surface area (Å²) in [5, 5.41) is 3.91. The van der Waals surface area contributed by atoms with E-state index in [9.17, 15) is 14.4 Å². The van der Waals surface area contributed by atoms with Gasteiger partial charge in [-0.3, -0.25) is 9.59 Å². The van der Waals surface area contributed by atoms with E-state index in [-0.39, 0.29) is 12.3 Å². The van der Waals surface area contributed by atoms with Crippen LogP contribution in [0.2, 0.25) is 0 Å². The Balaban J connectivity index is 1.55. The zero-order chi connectivity index (χ0) is 26.6. The first kappa shape index (κ1) is 26.5. The van der Waals surface area contributed by atoms with Crippen LogP contribution in [0.4, 0.5) is 0 Å². The molecule has 1 aliphatic rings. The van der Waals surface area contributed by atoms with E-state index in [0.29, 0.717) is 29.3 Å². The van der Waals surface area contributed by atoms with Crippen molar-refractivity contribution in [3.8, 4) is 5.75 Å². The number of hydrogen-bond donors (Lipinski definition) is 1. The smallest absolute Gasteiger partial charge is 0.338 e. The number of nitrogens with one attached hydrogen (secondary N) is 1. The van der Waals surface area contributed by atoms with Crippen LogP contribution in [0.15, 0.2) is 42.6 Å². The van der Waals surface area contributed by atoms with Gasteiger partial charge in [0.2, 0.25) is 5.91 Å². The second-order valence-electron chi connectivity index (χ2n) is 10.8. The highest BCUT2D eigenvalue weighted by Crippen LogP contribution is 2.28. The first-order chi connectivity index (χ1) is 17.7. The SMILES string of the molecule is COc1cc(C(=O)OC(C)(C)C)ccc1Cn1cc(C=O)c2ccc(CC(=O)NCC3CCCC3)cc21. The van der Waals surface area contributed by atoms with Gasteiger partial charge in [0.1, 0.15) is 11.4 Å². The second kappa shape index (κ2) is 11.2. The predicted octanol–water partition coefficient (Wildman–Crippen LogP) is 5.31. The van der Waals surface area contributed by atoms with Crippen molar-refractivity contribution < 1.29 is 23.9 Å². The van der Waals surface area contributed by atoms with Crippen LogP contribution in [0.5, 0.6) is 5.75 Å². The van der Waals surface area contributed by atoms with Crippen LogP contribution in [-0.4, -0.2) is 42.0 Å². The Morgan fingerprint density at radius 2 is 1.86 bits per heavy atom. The summed E-state index contributed by atoms with van der Waals surface area (Å²) < 4.78 is 13.0. The summed E-state index contributed by atoms with van der Waals surface area (Å²) >= 11 is 0. The Kier molecular flexibility index (Phi) is 8.00. The highest BCUT2D eigenvalue weighted by molar-refractivity contribution is 5.98. The average molecular weight is 505 g/mol. The Morgan fingerprint density at radius 1 is 1.11 bits per heavy atom. The van der Waals surface area contributed by atoms with E-state index in [1.54, 1.807) is 19.2 Å². The Hall–Kier alpha value is -3.61. The van der Waals surface area contributed by atoms with Gasteiger partial charge in [-0.1, -0.05) is 31.0 Å². The Bertz CT molecular complexity index is 1300. The molecule has 0 unspecified atom stereocenters. The average Bonchev–Trinajstić information content (AvgIpc) is 3.50. The van der Waals surface area contributed by atoms with E-state index < -0.39 is 11.6 Å². The summed E-state index contributed by atoms with van der Waals surface area (Å²) in [4.78, 5) is 36.8. The molecule has 1 aliphatic carbocycles. The van der Waals surface area contributed by atoms with Crippen LogP contribution >= 0.6 is 0 Å². The highest BCUT2D eigenvalue weighted by atomic mass is 16.6. The molecule has 7 heteroatoms. The first-order valence-electron chi connectivity index (χ1n) is 12.9. The molecule has 1 amide bonds. The van der Waals surface area contributed by atoms with Gasteiger partial charge in [0.25, 0.3) is 0 Å². The van der Waals surface area contributed by atoms with Crippen molar-refractivity contribution in [3.63, 3.8) is 0 Å². The lowest BCUT2D eigenvalue weighted by atomic mass is 10.1.